The standard InChI is InChI=1S/C39H33NS/c1-5-7-16-30-25(3)26(4)31(13-6-2)37-36(30)34-24-23-33-32-17-11-12-18-35(32)41-39(33)38(34)40(37)29-21-19-28(20-22-29)27-14-9-8-10-15-27/h6-24H,5H2,1-4H3/b13-6-,16-7-. The summed E-state index contributed by atoms with van der Waals surface area (Å²) in [6, 6.07) is 33.3. The van der Waals surface area contributed by atoms with Gasteiger partial charge in [-0.3, -0.25) is 0 Å². The van der Waals surface area contributed by atoms with Crippen LogP contribution in [0.15, 0.2) is 103 Å². The Morgan fingerprint density at radius 3 is 2.10 bits per heavy atom. The molecule has 0 atom stereocenters. The highest BCUT2D eigenvalue weighted by atomic mass is 32.1. The topological polar surface area (TPSA) is 4.93 Å². The first-order valence-corrected chi connectivity index (χ1v) is 15.3. The van der Waals surface area contributed by atoms with Crippen molar-refractivity contribution in [3.8, 4) is 16.8 Å². The highest BCUT2D eigenvalue weighted by Crippen LogP contribution is 2.46. The molecule has 7 aromatic rings. The van der Waals surface area contributed by atoms with Crippen LogP contribution in [0.1, 0.15) is 42.5 Å². The molecule has 7 rings (SSSR count). The van der Waals surface area contributed by atoms with Crippen molar-refractivity contribution in [3.05, 3.63) is 125 Å². The van der Waals surface area contributed by atoms with E-state index in [0.717, 1.165) is 6.42 Å². The number of allylic oxidation sites excluding steroid dienone is 2. The van der Waals surface area contributed by atoms with Gasteiger partial charge in [0.1, 0.15) is 0 Å². The molecule has 0 unspecified atom stereocenters. The molecule has 1 nitrogen and oxygen atoms in total. The molecule has 200 valence electrons. The van der Waals surface area contributed by atoms with Crippen molar-refractivity contribution in [1.82, 2.24) is 4.57 Å². The fourth-order valence-corrected chi connectivity index (χ4v) is 7.59. The quantitative estimate of drug-likeness (QED) is 0.202. The Morgan fingerprint density at radius 2 is 1.34 bits per heavy atom. The Labute approximate surface area is 245 Å². The summed E-state index contributed by atoms with van der Waals surface area (Å²) in [4.78, 5) is 0. The molecule has 41 heavy (non-hydrogen) atoms. The predicted molar refractivity (Wildman–Crippen MR) is 183 cm³/mol. The van der Waals surface area contributed by atoms with Crippen LogP contribution >= 0.6 is 11.3 Å². The number of fused-ring (bicyclic) bond motifs is 7. The van der Waals surface area contributed by atoms with Gasteiger partial charge in [-0.1, -0.05) is 104 Å². The van der Waals surface area contributed by atoms with E-state index in [9.17, 15) is 0 Å². The van der Waals surface area contributed by atoms with E-state index in [1.807, 2.05) is 11.3 Å². The van der Waals surface area contributed by atoms with Gasteiger partial charge in [0.25, 0.3) is 0 Å². The van der Waals surface area contributed by atoms with E-state index < -0.39 is 0 Å². The third kappa shape index (κ3) is 3.97. The minimum atomic E-state index is 1.01. The molecule has 5 aromatic carbocycles. The van der Waals surface area contributed by atoms with Gasteiger partial charge in [0.15, 0.2) is 0 Å². The highest BCUT2D eigenvalue weighted by molar-refractivity contribution is 7.26. The van der Waals surface area contributed by atoms with E-state index in [0.29, 0.717) is 0 Å². The molecular formula is C39H33NS. The van der Waals surface area contributed by atoms with E-state index in [-0.39, 0.29) is 0 Å². The van der Waals surface area contributed by atoms with E-state index in [2.05, 4.69) is 148 Å². The zero-order valence-corrected chi connectivity index (χ0v) is 24.8. The first-order valence-electron chi connectivity index (χ1n) is 14.5. The van der Waals surface area contributed by atoms with Gasteiger partial charge in [-0.2, -0.15) is 0 Å². The van der Waals surface area contributed by atoms with Crippen molar-refractivity contribution in [2.45, 2.75) is 34.1 Å². The molecule has 0 fully saturated rings. The van der Waals surface area contributed by atoms with Gasteiger partial charge in [0.2, 0.25) is 0 Å². The average molecular weight is 548 g/mol. The van der Waals surface area contributed by atoms with Crippen LogP contribution in [0.2, 0.25) is 0 Å². The van der Waals surface area contributed by atoms with Crippen LogP contribution in [-0.2, 0) is 0 Å². The van der Waals surface area contributed by atoms with Crippen molar-refractivity contribution in [2.75, 3.05) is 0 Å². The van der Waals surface area contributed by atoms with Crippen LogP contribution in [0.3, 0.4) is 0 Å². The Bertz CT molecular complexity index is 2130. The predicted octanol–water partition coefficient (Wildman–Crippen LogP) is 11.9. The van der Waals surface area contributed by atoms with Gasteiger partial charge in [0, 0.05) is 37.5 Å². The highest BCUT2D eigenvalue weighted by Gasteiger charge is 2.23. The molecule has 0 N–H and O–H groups in total. The van der Waals surface area contributed by atoms with Crippen molar-refractivity contribution >= 4 is 65.5 Å². The second kappa shape index (κ2) is 10.2. The van der Waals surface area contributed by atoms with Crippen LogP contribution in [0.5, 0.6) is 0 Å². The molecule has 2 heterocycles. The number of aromatic nitrogens is 1. The zero-order chi connectivity index (χ0) is 28.1. The summed E-state index contributed by atoms with van der Waals surface area (Å²) in [6.07, 6.45) is 10.1. The van der Waals surface area contributed by atoms with Crippen molar-refractivity contribution in [3.63, 3.8) is 0 Å². The first kappa shape index (κ1) is 25.6. The molecule has 0 amide bonds. The molecule has 0 saturated heterocycles. The third-order valence-electron chi connectivity index (χ3n) is 8.46. The zero-order valence-electron chi connectivity index (χ0n) is 24.0. The minimum absolute atomic E-state index is 1.01. The second-order valence-corrected chi connectivity index (χ2v) is 11.8. The molecule has 0 spiro atoms. The second-order valence-electron chi connectivity index (χ2n) is 10.8. The Balaban J connectivity index is 1.68. The van der Waals surface area contributed by atoms with Gasteiger partial charge in [0.05, 0.1) is 15.7 Å². The van der Waals surface area contributed by atoms with Gasteiger partial charge in [-0.25, -0.2) is 0 Å². The van der Waals surface area contributed by atoms with Gasteiger partial charge in [-0.15, -0.1) is 11.3 Å². The molecule has 0 aliphatic carbocycles. The van der Waals surface area contributed by atoms with Crippen LogP contribution in [0.4, 0.5) is 0 Å². The monoisotopic (exact) mass is 547 g/mol. The Kier molecular flexibility index (Phi) is 6.37. The molecule has 0 saturated carbocycles. The summed E-state index contributed by atoms with van der Waals surface area (Å²) in [5, 5.41) is 5.32. The van der Waals surface area contributed by atoms with Crippen LogP contribution in [0, 0.1) is 13.8 Å². The summed E-state index contributed by atoms with van der Waals surface area (Å²) in [5.41, 5.74) is 11.6. The van der Waals surface area contributed by atoms with E-state index in [1.54, 1.807) is 0 Å². The number of hydrogen-bond acceptors (Lipinski definition) is 1. The van der Waals surface area contributed by atoms with Gasteiger partial charge >= 0.3 is 0 Å². The normalized spacial score (nSPS) is 12.3. The maximum atomic E-state index is 2.54. The molecular weight excluding hydrogens is 515 g/mol. The number of rotatable bonds is 5. The fourth-order valence-electron chi connectivity index (χ4n) is 6.35. The average Bonchev–Trinajstić information content (AvgIpc) is 3.56. The van der Waals surface area contributed by atoms with Crippen molar-refractivity contribution < 1.29 is 0 Å². The summed E-state index contributed by atoms with van der Waals surface area (Å²) in [6.45, 7) is 8.90. The molecule has 0 bridgehead atoms. The van der Waals surface area contributed by atoms with Gasteiger partial charge < -0.3 is 4.57 Å². The third-order valence-corrected chi connectivity index (χ3v) is 9.65. The minimum Gasteiger partial charge on any atom is -0.307 e. The lowest BCUT2D eigenvalue weighted by Crippen LogP contribution is -1.99. The molecule has 0 aliphatic rings. The van der Waals surface area contributed by atoms with Crippen molar-refractivity contribution in [1.29, 1.82) is 0 Å². The lowest BCUT2D eigenvalue weighted by atomic mass is 9.92. The lowest BCUT2D eigenvalue weighted by molar-refractivity contribution is 1.18. The van der Waals surface area contributed by atoms with Crippen LogP contribution in [-0.4, -0.2) is 4.57 Å². The van der Waals surface area contributed by atoms with E-state index >= 15 is 0 Å². The van der Waals surface area contributed by atoms with E-state index in [1.165, 1.54) is 81.0 Å². The molecule has 2 heteroatoms. The van der Waals surface area contributed by atoms with E-state index in [4.69, 9.17) is 0 Å². The molecule has 0 radical (unpaired) electrons. The summed E-state index contributed by atoms with van der Waals surface area (Å²) >= 11 is 1.91. The van der Waals surface area contributed by atoms with Crippen LogP contribution in [0.25, 0.3) is 70.9 Å². The number of hydrogen-bond donors (Lipinski definition) is 0. The SMILES string of the molecule is C/C=C\c1c(C)c(C)c(/C=C\CC)c2c3ccc4c5ccccc5sc4c3n(-c3ccc(-c4ccccc4)cc3)c12. The summed E-state index contributed by atoms with van der Waals surface area (Å²) in [7, 11) is 0. The number of nitrogens with zero attached hydrogens (tertiary/aromatic N) is 1. The molecule has 2 aromatic heterocycles. The summed E-state index contributed by atoms with van der Waals surface area (Å²) < 4.78 is 5.22. The Morgan fingerprint density at radius 1 is 0.659 bits per heavy atom. The largest absolute Gasteiger partial charge is 0.307 e. The maximum Gasteiger partial charge on any atom is 0.0720 e. The molecule has 0 aliphatic heterocycles. The van der Waals surface area contributed by atoms with Crippen molar-refractivity contribution in [2.24, 2.45) is 0 Å². The fraction of sp³-hybridized carbons (Fsp3) is 0.128. The smallest absolute Gasteiger partial charge is 0.0720 e. The lowest BCUT2D eigenvalue weighted by Gasteiger charge is -2.16. The van der Waals surface area contributed by atoms with Gasteiger partial charge in [-0.05, 0) is 73.2 Å². The first-order chi connectivity index (χ1) is 20.1. The maximum absolute atomic E-state index is 2.54. The Hall–Kier alpha value is -4.40. The van der Waals surface area contributed by atoms with Crippen LogP contribution < -0.4 is 0 Å². The number of benzene rings is 5. The number of thiophene rings is 1. The summed E-state index contributed by atoms with van der Waals surface area (Å²) in [5.74, 6) is 0.